The smallest absolute Gasteiger partial charge is 0.326 e. The Hall–Kier alpha value is -2.65. The van der Waals surface area contributed by atoms with E-state index in [-0.39, 0.29) is 31.2 Å². The lowest BCUT2D eigenvalue weighted by Crippen LogP contribution is -2.55. The summed E-state index contributed by atoms with van der Waals surface area (Å²) in [5.74, 6) is -3.85. The topological polar surface area (TPSA) is 162 Å². The van der Waals surface area contributed by atoms with Crippen molar-refractivity contribution < 1.29 is 34.2 Å². The molecule has 0 heterocycles. The van der Waals surface area contributed by atoms with Gasteiger partial charge in [-0.3, -0.25) is 19.2 Å². The van der Waals surface area contributed by atoms with E-state index in [0.29, 0.717) is 12.8 Å². The van der Waals surface area contributed by atoms with Gasteiger partial charge in [0, 0.05) is 25.8 Å². The van der Waals surface area contributed by atoms with E-state index in [1.165, 1.54) is 116 Å². The molecule has 0 aliphatic rings. The molecule has 0 aromatic rings. The molecule has 0 saturated heterocycles. The number of hydrogen-bond donors (Lipinski definition) is 5. The third-order valence-corrected chi connectivity index (χ3v) is 9.43. The molecule has 0 aromatic heterocycles. The van der Waals surface area contributed by atoms with Gasteiger partial charge >= 0.3 is 11.9 Å². The zero-order valence-electron chi connectivity index (χ0n) is 32.0. The van der Waals surface area contributed by atoms with E-state index in [1.54, 1.807) is 0 Å². The van der Waals surface area contributed by atoms with Gasteiger partial charge < -0.3 is 26.2 Å². The summed E-state index contributed by atoms with van der Waals surface area (Å²) < 4.78 is 0. The fraction of sp³-hybridized carbons (Fsp3) is 0.875. The van der Waals surface area contributed by atoms with Crippen LogP contribution in [0.4, 0.5) is 0 Å². The second-order valence-electron chi connectivity index (χ2n) is 14.2. The molecule has 0 aromatic carbocycles. The van der Waals surface area contributed by atoms with Crippen molar-refractivity contribution >= 4 is 29.7 Å². The third kappa shape index (κ3) is 31.3. The van der Waals surface area contributed by atoms with E-state index in [0.717, 1.165) is 44.9 Å². The van der Waals surface area contributed by atoms with Gasteiger partial charge in [0.05, 0.1) is 0 Å². The monoisotopic (exact) mass is 710 g/mol. The molecule has 0 saturated carbocycles. The second kappa shape index (κ2) is 34.8. The number of nitrogens with one attached hydrogen (secondary N) is 3. The van der Waals surface area contributed by atoms with Gasteiger partial charge in [-0.2, -0.15) is 0 Å². The number of amides is 3. The molecule has 50 heavy (non-hydrogen) atoms. The lowest BCUT2D eigenvalue weighted by atomic mass is 10.0. The van der Waals surface area contributed by atoms with Crippen molar-refractivity contribution in [3.05, 3.63) is 0 Å². The Kier molecular flexibility index (Phi) is 32.9. The molecule has 10 nitrogen and oxygen atoms in total. The first-order valence-corrected chi connectivity index (χ1v) is 20.5. The Labute approximate surface area is 304 Å². The van der Waals surface area contributed by atoms with Crippen molar-refractivity contribution in [1.29, 1.82) is 0 Å². The van der Waals surface area contributed by atoms with Gasteiger partial charge in [-0.1, -0.05) is 168 Å². The van der Waals surface area contributed by atoms with Gasteiger partial charge in [0.25, 0.3) is 0 Å². The number of carboxylic acid groups (broad SMARTS) is 2. The first-order chi connectivity index (χ1) is 24.2. The lowest BCUT2D eigenvalue weighted by Gasteiger charge is -2.22. The van der Waals surface area contributed by atoms with Gasteiger partial charge in [0.1, 0.15) is 12.1 Å². The second-order valence-corrected chi connectivity index (χ2v) is 14.2. The molecular formula is C40H75N3O7. The van der Waals surface area contributed by atoms with Crippen LogP contribution in [0.2, 0.25) is 0 Å². The Morgan fingerprint density at radius 2 is 0.800 bits per heavy atom. The van der Waals surface area contributed by atoms with E-state index in [9.17, 15) is 29.1 Å². The molecular weight excluding hydrogens is 634 g/mol. The highest BCUT2D eigenvalue weighted by atomic mass is 16.4. The molecule has 10 heteroatoms. The van der Waals surface area contributed by atoms with Crippen LogP contribution in [0.25, 0.3) is 0 Å². The minimum Gasteiger partial charge on any atom is -0.481 e. The van der Waals surface area contributed by atoms with Crippen LogP contribution in [0.5, 0.6) is 0 Å². The van der Waals surface area contributed by atoms with E-state index in [2.05, 4.69) is 29.8 Å². The van der Waals surface area contributed by atoms with E-state index in [1.807, 2.05) is 0 Å². The summed E-state index contributed by atoms with van der Waals surface area (Å²) in [6.45, 7) is 4.30. The fourth-order valence-corrected chi connectivity index (χ4v) is 6.18. The summed E-state index contributed by atoms with van der Waals surface area (Å²) in [5.41, 5.74) is 0. The average Bonchev–Trinajstić information content (AvgIpc) is 3.08. The molecule has 0 radical (unpaired) electrons. The largest absolute Gasteiger partial charge is 0.481 e. The molecule has 0 aliphatic carbocycles. The predicted molar refractivity (Wildman–Crippen MR) is 202 cm³/mol. The lowest BCUT2D eigenvalue weighted by molar-refractivity contribution is -0.143. The number of aliphatic carboxylic acids is 2. The van der Waals surface area contributed by atoms with Crippen molar-refractivity contribution in [2.45, 2.75) is 219 Å². The normalized spacial score (nSPS) is 12.3. The molecule has 2 atom stereocenters. The molecule has 0 fully saturated rings. The first-order valence-electron chi connectivity index (χ1n) is 20.5. The molecule has 0 bridgehead atoms. The first kappa shape index (κ1) is 47.4. The summed E-state index contributed by atoms with van der Waals surface area (Å²) in [5, 5.41) is 26.2. The Morgan fingerprint density at radius 1 is 0.440 bits per heavy atom. The van der Waals surface area contributed by atoms with Crippen molar-refractivity contribution in [2.24, 2.45) is 0 Å². The molecule has 5 N–H and O–H groups in total. The Morgan fingerprint density at radius 3 is 1.16 bits per heavy atom. The maximum atomic E-state index is 13.0. The van der Waals surface area contributed by atoms with E-state index < -0.39 is 36.4 Å². The minimum absolute atomic E-state index is 0.168. The quantitative estimate of drug-likeness (QED) is 0.0402. The highest BCUT2D eigenvalue weighted by Gasteiger charge is 2.27. The van der Waals surface area contributed by atoms with Gasteiger partial charge in [-0.05, 0) is 19.3 Å². The van der Waals surface area contributed by atoms with Crippen molar-refractivity contribution in [3.8, 4) is 0 Å². The zero-order valence-corrected chi connectivity index (χ0v) is 32.0. The number of rotatable bonds is 37. The number of carbonyl (C=O) groups is 5. The van der Waals surface area contributed by atoms with E-state index >= 15 is 0 Å². The van der Waals surface area contributed by atoms with Crippen molar-refractivity contribution in [2.75, 3.05) is 6.54 Å². The number of carbonyl (C=O) groups excluding carboxylic acids is 3. The molecule has 292 valence electrons. The van der Waals surface area contributed by atoms with Crippen LogP contribution in [-0.2, 0) is 24.0 Å². The van der Waals surface area contributed by atoms with Crippen LogP contribution < -0.4 is 16.0 Å². The van der Waals surface area contributed by atoms with Gasteiger partial charge in [-0.25, -0.2) is 4.79 Å². The van der Waals surface area contributed by atoms with Gasteiger partial charge in [0.2, 0.25) is 17.7 Å². The number of unbranched alkanes of at least 4 members (excludes halogenated alkanes) is 24. The molecule has 3 amide bonds. The predicted octanol–water partition coefficient (Wildman–Crippen LogP) is 8.98. The van der Waals surface area contributed by atoms with Crippen molar-refractivity contribution in [3.63, 3.8) is 0 Å². The molecule has 0 aliphatic heterocycles. The molecule has 0 spiro atoms. The fourth-order valence-electron chi connectivity index (χ4n) is 6.18. The summed E-state index contributed by atoms with van der Waals surface area (Å²) in [6.07, 6.45) is 31.0. The van der Waals surface area contributed by atoms with Gasteiger partial charge in [0.15, 0.2) is 0 Å². The summed E-state index contributed by atoms with van der Waals surface area (Å²) >= 11 is 0. The maximum absolute atomic E-state index is 13.0. The molecule has 1 unspecified atom stereocenters. The summed E-state index contributed by atoms with van der Waals surface area (Å²) in [4.78, 5) is 61.0. The van der Waals surface area contributed by atoms with Crippen LogP contribution in [-0.4, -0.2) is 58.5 Å². The standard InChI is InChI=1S/C40H75N3O7/c1-3-5-7-9-11-13-15-17-19-21-23-25-27-29-36(44)41-33-35(39(48)43-34(40(49)50)31-32-38(46)47)42-37(45)30-28-26-24-22-20-18-16-14-12-10-8-6-4-2/h34-35H,3-33H2,1-2H3,(H,41,44)(H,42,45)(H,43,48)(H,46,47)(H,49,50)/t34-,35?/m1/s1. The summed E-state index contributed by atoms with van der Waals surface area (Å²) in [7, 11) is 0. The summed E-state index contributed by atoms with van der Waals surface area (Å²) in [6, 6.07) is -2.58. The Balaban J connectivity index is 4.49. The molecule has 0 rings (SSSR count). The van der Waals surface area contributed by atoms with E-state index in [4.69, 9.17) is 5.11 Å². The third-order valence-electron chi connectivity index (χ3n) is 9.43. The minimum atomic E-state index is -1.42. The number of hydrogen-bond acceptors (Lipinski definition) is 5. The van der Waals surface area contributed by atoms with Crippen LogP contribution in [0, 0.1) is 0 Å². The van der Waals surface area contributed by atoms with Crippen LogP contribution in [0.15, 0.2) is 0 Å². The highest BCUT2D eigenvalue weighted by molar-refractivity contribution is 5.91. The van der Waals surface area contributed by atoms with Gasteiger partial charge in [-0.15, -0.1) is 0 Å². The SMILES string of the molecule is CCCCCCCCCCCCCCCC(=O)NCC(NC(=O)CCCCCCCCCCCCCCC)C(=O)N[C@H](CCC(=O)O)C(=O)O. The van der Waals surface area contributed by atoms with Crippen molar-refractivity contribution in [1.82, 2.24) is 16.0 Å². The average molecular weight is 710 g/mol. The van der Waals surface area contributed by atoms with Crippen LogP contribution in [0.1, 0.15) is 206 Å². The highest BCUT2D eigenvalue weighted by Crippen LogP contribution is 2.14. The maximum Gasteiger partial charge on any atom is 0.326 e. The zero-order chi connectivity index (χ0) is 37.1. The van der Waals surface area contributed by atoms with Crippen LogP contribution in [0.3, 0.4) is 0 Å². The van der Waals surface area contributed by atoms with Crippen LogP contribution >= 0.6 is 0 Å². The number of carboxylic acids is 2. The Bertz CT molecular complexity index is 883.